The van der Waals surface area contributed by atoms with Gasteiger partial charge < -0.3 is 5.11 Å². The molecule has 21 heavy (non-hydrogen) atoms. The molecule has 0 saturated heterocycles. The summed E-state index contributed by atoms with van der Waals surface area (Å²) in [5.74, 6) is -2.75. The Morgan fingerprint density at radius 2 is 1.24 bits per heavy atom. The van der Waals surface area contributed by atoms with E-state index in [1.54, 1.807) is 6.92 Å². The van der Waals surface area contributed by atoms with Crippen molar-refractivity contribution < 1.29 is 31.4 Å². The maximum absolute atomic E-state index is 12.8. The molecule has 0 aromatic carbocycles. The van der Waals surface area contributed by atoms with Gasteiger partial charge in [0, 0.05) is 5.92 Å². The first kappa shape index (κ1) is 20.5. The third kappa shape index (κ3) is 2.66. The first-order valence-electron chi connectivity index (χ1n) is 6.27. The zero-order valence-corrected chi connectivity index (χ0v) is 10.5. The van der Waals surface area contributed by atoms with E-state index < -0.39 is 29.8 Å². The number of alkyl halides is 6. The van der Waals surface area contributed by atoms with Gasteiger partial charge in [-0.1, -0.05) is 28.7 Å². The van der Waals surface area contributed by atoms with Gasteiger partial charge in [0.25, 0.3) is 5.60 Å². The van der Waals surface area contributed by atoms with Crippen molar-refractivity contribution in [3.05, 3.63) is 0 Å². The molecule has 5 atom stereocenters. The molecular weight excluding hydrogens is 298 g/mol. The van der Waals surface area contributed by atoms with Crippen LogP contribution in [0.3, 0.4) is 0 Å². The standard InChI is InChI=1S/C12H16F6O.2CH4/c1-5-6(2)8-3-7(5)4-9(8)10(19,11(13,14)15)12(16,17)18;;/h5-9,19H,3-4H2,1-2H3;2*1H4. The maximum atomic E-state index is 12.8. The van der Waals surface area contributed by atoms with Crippen LogP contribution in [0.5, 0.6) is 0 Å². The first-order chi connectivity index (χ1) is 8.41. The molecule has 1 nitrogen and oxygen atoms in total. The summed E-state index contributed by atoms with van der Waals surface area (Å²) in [6, 6.07) is 0. The van der Waals surface area contributed by atoms with Crippen LogP contribution < -0.4 is 0 Å². The van der Waals surface area contributed by atoms with Crippen LogP contribution in [-0.2, 0) is 0 Å². The normalized spacial score (nSPS) is 36.1. The summed E-state index contributed by atoms with van der Waals surface area (Å²) in [7, 11) is 0. The molecule has 128 valence electrons. The van der Waals surface area contributed by atoms with Crippen molar-refractivity contribution in [2.24, 2.45) is 29.6 Å². The summed E-state index contributed by atoms with van der Waals surface area (Å²) in [6.45, 7) is 3.53. The molecule has 0 aromatic rings. The molecule has 1 N–H and O–H groups in total. The van der Waals surface area contributed by atoms with Gasteiger partial charge in [-0.3, -0.25) is 0 Å². The fourth-order valence-electron chi connectivity index (χ4n) is 4.00. The molecule has 2 aliphatic rings. The van der Waals surface area contributed by atoms with E-state index in [-0.39, 0.29) is 39.0 Å². The van der Waals surface area contributed by atoms with Crippen molar-refractivity contribution in [2.75, 3.05) is 0 Å². The maximum Gasteiger partial charge on any atom is 0.426 e. The smallest absolute Gasteiger partial charge is 0.373 e. The van der Waals surface area contributed by atoms with Crippen LogP contribution in [0.4, 0.5) is 26.3 Å². The number of hydrogen-bond acceptors (Lipinski definition) is 1. The summed E-state index contributed by atoms with van der Waals surface area (Å²) < 4.78 is 77.0. The zero-order valence-electron chi connectivity index (χ0n) is 10.5. The number of hydrogen-bond donors (Lipinski definition) is 1. The van der Waals surface area contributed by atoms with Gasteiger partial charge in [-0.15, -0.1) is 0 Å². The first-order valence-corrected chi connectivity index (χ1v) is 6.27. The van der Waals surface area contributed by atoms with Crippen molar-refractivity contribution in [2.45, 2.75) is 59.5 Å². The van der Waals surface area contributed by atoms with Crippen molar-refractivity contribution >= 4 is 0 Å². The lowest BCUT2D eigenvalue weighted by atomic mass is 9.68. The minimum absolute atomic E-state index is 0. The predicted octanol–water partition coefficient (Wildman–Crippen LogP) is 5.04. The van der Waals surface area contributed by atoms with Gasteiger partial charge in [0.15, 0.2) is 0 Å². The molecule has 0 amide bonds. The molecule has 0 aromatic heterocycles. The number of halogens is 6. The molecule has 7 heteroatoms. The van der Waals surface area contributed by atoms with E-state index in [4.69, 9.17) is 0 Å². The summed E-state index contributed by atoms with van der Waals surface area (Å²) in [5.41, 5.74) is -4.58. The molecule has 2 bridgehead atoms. The number of aliphatic hydroxyl groups is 1. The van der Waals surface area contributed by atoms with Gasteiger partial charge in [0.1, 0.15) is 0 Å². The Balaban J connectivity index is 0.00000200. The zero-order chi connectivity index (χ0) is 14.8. The SMILES string of the molecule is C.C.CC1C2CC(C1C)C(C(O)(C(F)(F)F)C(F)(F)F)C2. The van der Waals surface area contributed by atoms with Gasteiger partial charge in [-0.25, -0.2) is 0 Å². The fraction of sp³-hybridized carbons (Fsp3) is 1.00. The Morgan fingerprint density at radius 1 is 0.810 bits per heavy atom. The highest BCUT2D eigenvalue weighted by atomic mass is 19.4. The van der Waals surface area contributed by atoms with E-state index in [9.17, 15) is 31.4 Å². The van der Waals surface area contributed by atoms with Crippen LogP contribution in [0, 0.1) is 29.6 Å². The van der Waals surface area contributed by atoms with Crippen molar-refractivity contribution in [1.82, 2.24) is 0 Å². The molecule has 0 spiro atoms. The van der Waals surface area contributed by atoms with Crippen molar-refractivity contribution in [3.8, 4) is 0 Å². The van der Waals surface area contributed by atoms with Crippen LogP contribution in [0.15, 0.2) is 0 Å². The average Bonchev–Trinajstić information content (AvgIpc) is 2.76. The quantitative estimate of drug-likeness (QED) is 0.670. The van der Waals surface area contributed by atoms with Crippen LogP contribution in [-0.4, -0.2) is 23.1 Å². The highest BCUT2D eigenvalue weighted by Crippen LogP contribution is 2.62. The van der Waals surface area contributed by atoms with Gasteiger partial charge in [-0.05, 0) is 36.5 Å². The highest BCUT2D eigenvalue weighted by Gasteiger charge is 2.76. The highest BCUT2D eigenvalue weighted by molar-refractivity contribution is 5.09. The Hall–Kier alpha value is -0.460. The molecule has 2 aliphatic carbocycles. The van der Waals surface area contributed by atoms with E-state index in [1.807, 2.05) is 6.92 Å². The number of fused-ring (bicyclic) bond motifs is 2. The monoisotopic (exact) mass is 322 g/mol. The lowest BCUT2D eigenvalue weighted by molar-refractivity contribution is -0.390. The minimum Gasteiger partial charge on any atom is -0.373 e. The lowest BCUT2D eigenvalue weighted by Gasteiger charge is -2.43. The lowest BCUT2D eigenvalue weighted by Crippen LogP contribution is -2.63. The number of rotatable bonds is 1. The van der Waals surface area contributed by atoms with Gasteiger partial charge in [-0.2, -0.15) is 26.3 Å². The van der Waals surface area contributed by atoms with E-state index in [2.05, 4.69) is 0 Å². The van der Waals surface area contributed by atoms with Gasteiger partial charge in [0.2, 0.25) is 0 Å². The molecule has 0 radical (unpaired) electrons. The Morgan fingerprint density at radius 3 is 1.52 bits per heavy atom. The summed E-state index contributed by atoms with van der Waals surface area (Å²) in [4.78, 5) is 0. The van der Waals surface area contributed by atoms with E-state index in [0.29, 0.717) is 6.42 Å². The van der Waals surface area contributed by atoms with Crippen molar-refractivity contribution in [3.63, 3.8) is 0 Å². The Labute approximate surface area is 121 Å². The molecule has 0 heterocycles. The van der Waals surface area contributed by atoms with Crippen LogP contribution in [0.25, 0.3) is 0 Å². The fourth-order valence-corrected chi connectivity index (χ4v) is 4.00. The van der Waals surface area contributed by atoms with Crippen LogP contribution in [0.1, 0.15) is 41.5 Å². The van der Waals surface area contributed by atoms with E-state index in [1.165, 1.54) is 0 Å². The molecule has 5 unspecified atom stereocenters. The van der Waals surface area contributed by atoms with Crippen LogP contribution in [0.2, 0.25) is 0 Å². The second-order valence-electron chi connectivity index (χ2n) is 5.98. The topological polar surface area (TPSA) is 20.2 Å². The Bertz CT molecular complexity index is 345. The predicted molar refractivity (Wildman–Crippen MR) is 68.6 cm³/mol. The molecular formula is C14H24F6O. The molecule has 2 saturated carbocycles. The Kier molecular flexibility index (Phi) is 5.51. The minimum atomic E-state index is -5.69. The van der Waals surface area contributed by atoms with Crippen LogP contribution >= 0.6 is 0 Å². The third-order valence-corrected chi connectivity index (χ3v) is 5.30. The largest absolute Gasteiger partial charge is 0.426 e. The van der Waals surface area contributed by atoms with Crippen molar-refractivity contribution in [1.29, 1.82) is 0 Å². The van der Waals surface area contributed by atoms with Gasteiger partial charge in [0.05, 0.1) is 0 Å². The second-order valence-corrected chi connectivity index (χ2v) is 5.98. The summed E-state index contributed by atoms with van der Waals surface area (Å²) in [5, 5.41) is 9.46. The summed E-state index contributed by atoms with van der Waals surface area (Å²) >= 11 is 0. The van der Waals surface area contributed by atoms with E-state index >= 15 is 0 Å². The molecule has 2 fully saturated rings. The molecule has 0 aliphatic heterocycles. The average molecular weight is 322 g/mol. The summed E-state index contributed by atoms with van der Waals surface area (Å²) in [6.07, 6.45) is -11.2. The third-order valence-electron chi connectivity index (χ3n) is 5.30. The van der Waals surface area contributed by atoms with E-state index in [0.717, 1.165) is 0 Å². The second kappa shape index (κ2) is 5.63. The molecule has 2 rings (SSSR count). The van der Waals surface area contributed by atoms with Gasteiger partial charge >= 0.3 is 12.4 Å².